The van der Waals surface area contributed by atoms with E-state index in [1.54, 1.807) is 0 Å². The van der Waals surface area contributed by atoms with E-state index in [0.717, 1.165) is 19.3 Å². The molecule has 1 amide bonds. The molecule has 116 valence electrons. The molecule has 1 aliphatic heterocycles. The first-order valence-electron chi connectivity index (χ1n) is 6.98. The molecular formula is C14H21N3O3S. The van der Waals surface area contributed by atoms with Gasteiger partial charge in [0, 0.05) is 17.6 Å². The number of piperidine rings is 1. The fraction of sp³-hybridized carbons (Fsp3) is 0.500. The molecule has 21 heavy (non-hydrogen) atoms. The summed E-state index contributed by atoms with van der Waals surface area (Å²) in [5, 5.41) is 0. The molecule has 7 heteroatoms. The van der Waals surface area contributed by atoms with E-state index in [9.17, 15) is 13.2 Å². The van der Waals surface area contributed by atoms with Gasteiger partial charge in [-0.1, -0.05) is 6.42 Å². The van der Waals surface area contributed by atoms with Crippen LogP contribution in [0, 0.1) is 0 Å². The van der Waals surface area contributed by atoms with Crippen LogP contribution in [0.5, 0.6) is 0 Å². The van der Waals surface area contributed by atoms with Gasteiger partial charge in [0.2, 0.25) is 15.9 Å². The Labute approximate surface area is 125 Å². The van der Waals surface area contributed by atoms with E-state index < -0.39 is 15.9 Å². The second-order valence-corrected chi connectivity index (χ2v) is 7.39. The molecule has 2 unspecified atom stereocenters. The normalized spacial score (nSPS) is 23.9. The van der Waals surface area contributed by atoms with Crippen molar-refractivity contribution < 1.29 is 13.2 Å². The van der Waals surface area contributed by atoms with Crippen molar-refractivity contribution in [3.05, 3.63) is 23.8 Å². The molecule has 4 N–H and O–H groups in total. The van der Waals surface area contributed by atoms with Crippen LogP contribution in [0.2, 0.25) is 0 Å². The zero-order valence-corrected chi connectivity index (χ0v) is 13.1. The van der Waals surface area contributed by atoms with Crippen molar-refractivity contribution in [2.45, 2.75) is 50.1 Å². The highest BCUT2D eigenvalue weighted by molar-refractivity contribution is 7.89. The van der Waals surface area contributed by atoms with Crippen molar-refractivity contribution in [2.24, 2.45) is 5.73 Å². The highest BCUT2D eigenvalue weighted by atomic mass is 32.2. The molecule has 1 heterocycles. The van der Waals surface area contributed by atoms with E-state index in [0.29, 0.717) is 0 Å². The summed E-state index contributed by atoms with van der Waals surface area (Å²) in [5.41, 5.74) is 11.3. The summed E-state index contributed by atoms with van der Waals surface area (Å²) < 4.78 is 27.2. The molecule has 1 aliphatic rings. The van der Waals surface area contributed by atoms with Crippen molar-refractivity contribution in [1.29, 1.82) is 0 Å². The molecule has 2 rings (SSSR count). The average Bonchev–Trinajstić information content (AvgIpc) is 2.37. The molecule has 0 radical (unpaired) electrons. The fourth-order valence-corrected chi connectivity index (χ4v) is 4.90. The topological polar surface area (TPSA) is 106 Å². The Kier molecular flexibility index (Phi) is 4.25. The first kappa shape index (κ1) is 15.8. The van der Waals surface area contributed by atoms with Crippen LogP contribution < -0.4 is 11.5 Å². The lowest BCUT2D eigenvalue weighted by atomic mass is 10.0. The first-order chi connectivity index (χ1) is 9.75. The van der Waals surface area contributed by atoms with Gasteiger partial charge in [0.1, 0.15) is 4.90 Å². The van der Waals surface area contributed by atoms with Gasteiger partial charge in [0.05, 0.1) is 5.69 Å². The van der Waals surface area contributed by atoms with Gasteiger partial charge in [0.25, 0.3) is 0 Å². The van der Waals surface area contributed by atoms with Crippen LogP contribution in [-0.4, -0.2) is 30.7 Å². The molecule has 0 saturated carbocycles. The summed E-state index contributed by atoms with van der Waals surface area (Å²) >= 11 is 0. The third kappa shape index (κ3) is 2.89. The summed E-state index contributed by atoms with van der Waals surface area (Å²) in [6.45, 7) is 3.81. The number of carbonyl (C=O) groups excluding carboxylic acids is 1. The van der Waals surface area contributed by atoms with Gasteiger partial charge in [-0.25, -0.2) is 8.42 Å². The van der Waals surface area contributed by atoms with Crippen LogP contribution in [0.4, 0.5) is 5.69 Å². The number of anilines is 1. The fourth-order valence-electron chi connectivity index (χ4n) is 2.92. The minimum absolute atomic E-state index is 0.0353. The van der Waals surface area contributed by atoms with Gasteiger partial charge in [-0.05, 0) is 44.9 Å². The van der Waals surface area contributed by atoms with Gasteiger partial charge in [-0.2, -0.15) is 4.31 Å². The Morgan fingerprint density at radius 2 is 1.81 bits per heavy atom. The lowest BCUT2D eigenvalue weighted by molar-refractivity contribution is 0.1000. The number of hydrogen-bond donors (Lipinski definition) is 2. The second kappa shape index (κ2) is 5.65. The molecule has 6 nitrogen and oxygen atoms in total. The molecule has 1 aromatic carbocycles. The Morgan fingerprint density at radius 3 is 2.29 bits per heavy atom. The number of carbonyl (C=O) groups is 1. The summed E-state index contributed by atoms with van der Waals surface area (Å²) in [4.78, 5) is 11.2. The Balaban J connectivity index is 2.46. The largest absolute Gasteiger partial charge is 0.398 e. The molecule has 0 aromatic heterocycles. The summed E-state index contributed by atoms with van der Waals surface area (Å²) in [6.07, 6.45) is 2.69. The van der Waals surface area contributed by atoms with Crippen molar-refractivity contribution >= 4 is 21.6 Å². The maximum Gasteiger partial charge on any atom is 0.248 e. The third-order valence-electron chi connectivity index (χ3n) is 3.96. The summed E-state index contributed by atoms with van der Waals surface area (Å²) in [5.74, 6) is -0.634. The van der Waals surface area contributed by atoms with Crippen LogP contribution >= 0.6 is 0 Å². The minimum atomic E-state index is -3.68. The Bertz CT molecular complexity index is 647. The highest BCUT2D eigenvalue weighted by Crippen LogP contribution is 2.32. The quantitative estimate of drug-likeness (QED) is 0.821. The maximum absolute atomic E-state index is 12.8. The van der Waals surface area contributed by atoms with Gasteiger partial charge >= 0.3 is 0 Å². The highest BCUT2D eigenvalue weighted by Gasteiger charge is 2.36. The van der Waals surface area contributed by atoms with Crippen molar-refractivity contribution in [1.82, 2.24) is 4.31 Å². The lowest BCUT2D eigenvalue weighted by Crippen LogP contribution is -2.47. The molecule has 2 atom stereocenters. The molecule has 1 saturated heterocycles. The van der Waals surface area contributed by atoms with Crippen LogP contribution in [0.15, 0.2) is 23.1 Å². The minimum Gasteiger partial charge on any atom is -0.398 e. The summed E-state index contributed by atoms with van der Waals surface area (Å²) in [7, 11) is -3.68. The Hall–Kier alpha value is -1.60. The second-order valence-electron chi connectivity index (χ2n) is 5.58. The SMILES string of the molecule is CC1CCCC(C)N1S(=O)(=O)c1ccc(C(N)=O)cc1N. The number of sulfonamides is 1. The predicted molar refractivity (Wildman–Crippen MR) is 81.2 cm³/mol. The van der Waals surface area contributed by atoms with Crippen molar-refractivity contribution in [2.75, 3.05) is 5.73 Å². The van der Waals surface area contributed by atoms with Crippen LogP contribution in [0.3, 0.4) is 0 Å². The number of rotatable bonds is 3. The van der Waals surface area contributed by atoms with E-state index in [2.05, 4.69) is 0 Å². The molecule has 0 bridgehead atoms. The first-order valence-corrected chi connectivity index (χ1v) is 8.42. The number of nitrogens with two attached hydrogens (primary N) is 2. The van der Waals surface area contributed by atoms with E-state index in [1.807, 2.05) is 13.8 Å². The van der Waals surface area contributed by atoms with Crippen molar-refractivity contribution in [3.8, 4) is 0 Å². The number of primary amides is 1. The number of benzene rings is 1. The maximum atomic E-state index is 12.8. The smallest absolute Gasteiger partial charge is 0.248 e. The van der Waals surface area contributed by atoms with Crippen LogP contribution in [0.25, 0.3) is 0 Å². The number of amides is 1. The number of nitrogen functional groups attached to an aromatic ring is 1. The monoisotopic (exact) mass is 311 g/mol. The van der Waals surface area contributed by atoms with E-state index >= 15 is 0 Å². The molecular weight excluding hydrogens is 290 g/mol. The van der Waals surface area contributed by atoms with Crippen LogP contribution in [-0.2, 0) is 10.0 Å². The number of hydrogen-bond acceptors (Lipinski definition) is 4. The van der Waals surface area contributed by atoms with Gasteiger partial charge in [-0.3, -0.25) is 4.79 Å². The molecule has 1 aromatic rings. The zero-order chi connectivity index (χ0) is 15.8. The summed E-state index contributed by atoms with van der Waals surface area (Å²) in [6, 6.07) is 3.95. The van der Waals surface area contributed by atoms with Gasteiger partial charge < -0.3 is 11.5 Å². The molecule has 0 spiro atoms. The average molecular weight is 311 g/mol. The Morgan fingerprint density at radius 1 is 1.24 bits per heavy atom. The van der Waals surface area contributed by atoms with E-state index in [1.165, 1.54) is 22.5 Å². The zero-order valence-electron chi connectivity index (χ0n) is 12.2. The van der Waals surface area contributed by atoms with Gasteiger partial charge in [0.15, 0.2) is 0 Å². The third-order valence-corrected chi connectivity index (χ3v) is 6.16. The molecule has 0 aliphatic carbocycles. The van der Waals surface area contributed by atoms with Crippen molar-refractivity contribution in [3.63, 3.8) is 0 Å². The van der Waals surface area contributed by atoms with E-state index in [4.69, 9.17) is 11.5 Å². The van der Waals surface area contributed by atoms with Crippen LogP contribution in [0.1, 0.15) is 43.5 Å². The standard InChI is InChI=1S/C14H21N3O3S/c1-9-4-3-5-10(2)17(9)21(19,20)13-7-6-11(14(16)18)8-12(13)15/h6-10H,3-5,15H2,1-2H3,(H2,16,18). The number of nitrogens with zero attached hydrogens (tertiary/aromatic N) is 1. The lowest BCUT2D eigenvalue weighted by Gasteiger charge is -2.37. The van der Waals surface area contributed by atoms with Gasteiger partial charge in [-0.15, -0.1) is 0 Å². The predicted octanol–water partition coefficient (Wildman–Crippen LogP) is 1.32. The molecule has 1 fully saturated rings. The van der Waals surface area contributed by atoms with E-state index in [-0.39, 0.29) is 28.2 Å².